The summed E-state index contributed by atoms with van der Waals surface area (Å²) >= 11 is 0. The highest BCUT2D eigenvalue weighted by molar-refractivity contribution is 6.01. The van der Waals surface area contributed by atoms with E-state index in [1.165, 1.54) is 6.07 Å². The molecule has 0 saturated heterocycles. The van der Waals surface area contributed by atoms with E-state index < -0.39 is 12.1 Å². The van der Waals surface area contributed by atoms with Gasteiger partial charge in [-0.05, 0) is 62.0 Å². The van der Waals surface area contributed by atoms with E-state index in [1.807, 2.05) is 30.3 Å². The zero-order valence-electron chi connectivity index (χ0n) is 19.4. The fourth-order valence-corrected chi connectivity index (χ4v) is 4.31. The van der Waals surface area contributed by atoms with Crippen molar-refractivity contribution in [2.24, 2.45) is 0 Å². The molecule has 2 unspecified atom stereocenters. The summed E-state index contributed by atoms with van der Waals surface area (Å²) in [5.41, 5.74) is 2.53. The number of nitrogens with zero attached hydrogens (tertiary/aromatic N) is 1. The maximum Gasteiger partial charge on any atom is 0.249 e. The number of hydrogen-bond acceptors (Lipinski definition) is 4. The summed E-state index contributed by atoms with van der Waals surface area (Å²) in [6.45, 7) is 1.94. The molecule has 0 spiro atoms. The van der Waals surface area contributed by atoms with Crippen molar-refractivity contribution < 1.29 is 18.7 Å². The molecule has 2 N–H and O–H groups in total. The second-order valence-corrected chi connectivity index (χ2v) is 8.24. The lowest BCUT2D eigenvalue weighted by atomic mass is 10.0. The third kappa shape index (κ3) is 4.86. The number of nitrogens with one attached hydrogen (secondary N) is 2. The third-order valence-corrected chi connectivity index (χ3v) is 6.30. The molecule has 0 aliphatic carbocycles. The number of hydrogen-bond donors (Lipinski definition) is 2. The van der Waals surface area contributed by atoms with Gasteiger partial charge >= 0.3 is 0 Å². The average molecular weight is 486 g/mol. The first-order valence-electron chi connectivity index (χ1n) is 11.1. The van der Waals surface area contributed by atoms with Crippen LogP contribution in [-0.4, -0.2) is 38.1 Å². The Labute approximate surface area is 204 Å². The second kappa shape index (κ2) is 10.8. The van der Waals surface area contributed by atoms with Gasteiger partial charge in [0.15, 0.2) is 0 Å². The lowest BCUT2D eigenvalue weighted by Gasteiger charge is -2.28. The second-order valence-electron chi connectivity index (χ2n) is 8.24. The number of rotatable bonds is 6. The highest BCUT2D eigenvalue weighted by atomic mass is 35.5. The van der Waals surface area contributed by atoms with Crippen molar-refractivity contribution in [3.05, 3.63) is 71.5 Å². The molecule has 4 rings (SSSR count). The van der Waals surface area contributed by atoms with Gasteiger partial charge in [-0.15, -0.1) is 12.4 Å². The van der Waals surface area contributed by atoms with Gasteiger partial charge in [-0.3, -0.25) is 9.59 Å². The number of ether oxygens (including phenoxy) is 1. The molecule has 1 aliphatic heterocycles. The van der Waals surface area contributed by atoms with Crippen LogP contribution in [-0.2, 0) is 22.6 Å². The van der Waals surface area contributed by atoms with Crippen LogP contribution in [0.3, 0.4) is 0 Å². The first kappa shape index (κ1) is 25.5. The predicted octanol–water partition coefficient (Wildman–Crippen LogP) is 3.98. The van der Waals surface area contributed by atoms with Crippen molar-refractivity contribution >= 4 is 40.7 Å². The van der Waals surface area contributed by atoms with Crippen LogP contribution in [0.4, 0.5) is 10.1 Å². The Bertz CT molecular complexity index is 1200. The van der Waals surface area contributed by atoms with E-state index >= 15 is 0 Å². The predicted molar refractivity (Wildman–Crippen MR) is 134 cm³/mol. The Morgan fingerprint density at radius 1 is 1.15 bits per heavy atom. The van der Waals surface area contributed by atoms with Crippen molar-refractivity contribution in [1.82, 2.24) is 10.6 Å². The lowest BCUT2D eigenvalue weighted by molar-refractivity contribution is -0.128. The van der Waals surface area contributed by atoms with Gasteiger partial charge in [0.25, 0.3) is 0 Å². The molecule has 180 valence electrons. The van der Waals surface area contributed by atoms with E-state index in [9.17, 15) is 14.0 Å². The molecular weight excluding hydrogens is 457 g/mol. The zero-order valence-corrected chi connectivity index (χ0v) is 20.2. The summed E-state index contributed by atoms with van der Waals surface area (Å²) in [5, 5.41) is 6.96. The monoisotopic (exact) mass is 485 g/mol. The van der Waals surface area contributed by atoms with Crippen molar-refractivity contribution in [2.75, 3.05) is 19.1 Å². The maximum atomic E-state index is 14.5. The van der Waals surface area contributed by atoms with Crippen LogP contribution >= 0.6 is 12.4 Å². The molecule has 2 amide bonds. The normalized spacial score (nSPS) is 16.3. The number of anilines is 1. The highest BCUT2D eigenvalue weighted by Crippen LogP contribution is 2.34. The van der Waals surface area contributed by atoms with Gasteiger partial charge in [0.1, 0.15) is 17.6 Å². The number of methoxy groups -OCH3 is 1. The summed E-state index contributed by atoms with van der Waals surface area (Å²) in [6.07, 6.45) is 1.15. The van der Waals surface area contributed by atoms with Crippen LogP contribution in [0.25, 0.3) is 10.8 Å². The number of amides is 2. The highest BCUT2D eigenvalue weighted by Gasteiger charge is 2.33. The molecule has 0 aromatic heterocycles. The number of fused-ring (bicyclic) bond motifs is 2. The SMILES string of the molecule is CNC(C)C(=O)NC1CCc2ccccc2N(Cc2c(OC)ccc3c(F)cccc23)C1=O.Cl. The van der Waals surface area contributed by atoms with Crippen LogP contribution in [0.15, 0.2) is 54.6 Å². The fourth-order valence-electron chi connectivity index (χ4n) is 4.31. The Morgan fingerprint density at radius 3 is 2.65 bits per heavy atom. The molecule has 0 fully saturated rings. The average Bonchev–Trinajstić information content (AvgIpc) is 2.96. The minimum absolute atomic E-state index is 0. The molecule has 1 heterocycles. The number of likely N-dealkylation sites (N-methyl/N-ethyl adjacent to an activating group) is 1. The van der Waals surface area contributed by atoms with Crippen molar-refractivity contribution in [2.45, 2.75) is 38.4 Å². The molecule has 6 nitrogen and oxygen atoms in total. The van der Waals surface area contributed by atoms with Crippen molar-refractivity contribution in [1.29, 1.82) is 0 Å². The number of aryl methyl sites for hydroxylation is 1. The quantitative estimate of drug-likeness (QED) is 0.554. The number of carbonyl (C=O) groups is 2. The van der Waals surface area contributed by atoms with Crippen LogP contribution < -0.4 is 20.3 Å². The van der Waals surface area contributed by atoms with Gasteiger partial charge in [0, 0.05) is 16.6 Å². The molecule has 3 aromatic carbocycles. The van der Waals surface area contributed by atoms with Crippen molar-refractivity contribution in [3.63, 3.8) is 0 Å². The molecule has 1 aliphatic rings. The van der Waals surface area contributed by atoms with E-state index in [-0.39, 0.29) is 36.6 Å². The molecule has 3 aromatic rings. The number of carbonyl (C=O) groups excluding carboxylic acids is 2. The Morgan fingerprint density at radius 2 is 1.91 bits per heavy atom. The summed E-state index contributed by atoms with van der Waals surface area (Å²) in [7, 11) is 3.26. The number of para-hydroxylation sites is 1. The molecule has 0 bridgehead atoms. The van der Waals surface area contributed by atoms with Gasteiger partial charge < -0.3 is 20.3 Å². The Hall–Kier alpha value is -3.16. The summed E-state index contributed by atoms with van der Waals surface area (Å²) in [5.74, 6) is -0.184. The summed E-state index contributed by atoms with van der Waals surface area (Å²) in [6, 6.07) is 15.0. The molecular formula is C26H29ClFN3O3. The fraction of sp³-hybridized carbons (Fsp3) is 0.308. The molecule has 0 radical (unpaired) electrons. The molecule has 34 heavy (non-hydrogen) atoms. The minimum atomic E-state index is -0.668. The van der Waals surface area contributed by atoms with Crippen LogP contribution in [0.2, 0.25) is 0 Å². The van der Waals surface area contributed by atoms with E-state index in [0.717, 1.165) is 11.3 Å². The summed E-state index contributed by atoms with van der Waals surface area (Å²) < 4.78 is 20.1. The standard InChI is InChI=1S/C26H28FN3O3.ClH/c1-16(28-2)25(31)29-22-13-11-17-7-4-5-10-23(17)30(26(22)32)15-20-18-8-6-9-21(27)19(18)12-14-24(20)33-3;/h4-10,12,14,16,22,28H,11,13,15H2,1-3H3,(H,29,31);1H. The van der Waals surface area contributed by atoms with E-state index in [1.54, 1.807) is 44.2 Å². The van der Waals surface area contributed by atoms with Crippen LogP contribution in [0.1, 0.15) is 24.5 Å². The molecule has 8 heteroatoms. The smallest absolute Gasteiger partial charge is 0.249 e. The van der Waals surface area contributed by atoms with E-state index in [0.29, 0.717) is 34.9 Å². The first-order valence-corrected chi connectivity index (χ1v) is 11.1. The topological polar surface area (TPSA) is 70.7 Å². The Kier molecular flexibility index (Phi) is 8.12. The van der Waals surface area contributed by atoms with Crippen LogP contribution in [0.5, 0.6) is 5.75 Å². The minimum Gasteiger partial charge on any atom is -0.496 e. The van der Waals surface area contributed by atoms with Gasteiger partial charge in [-0.25, -0.2) is 4.39 Å². The zero-order chi connectivity index (χ0) is 23.5. The third-order valence-electron chi connectivity index (χ3n) is 6.30. The largest absolute Gasteiger partial charge is 0.496 e. The van der Waals surface area contributed by atoms with Crippen molar-refractivity contribution in [3.8, 4) is 5.75 Å². The van der Waals surface area contributed by atoms with E-state index in [4.69, 9.17) is 4.74 Å². The van der Waals surface area contributed by atoms with Gasteiger partial charge in [-0.1, -0.05) is 30.3 Å². The number of halogens is 2. The Balaban J connectivity index is 0.00000324. The van der Waals surface area contributed by atoms with Gasteiger partial charge in [0.2, 0.25) is 11.8 Å². The summed E-state index contributed by atoms with van der Waals surface area (Å²) in [4.78, 5) is 28.0. The maximum absolute atomic E-state index is 14.5. The molecule has 0 saturated carbocycles. The van der Waals surface area contributed by atoms with E-state index in [2.05, 4.69) is 10.6 Å². The lowest BCUT2D eigenvalue weighted by Crippen LogP contribution is -2.52. The number of benzene rings is 3. The molecule has 2 atom stereocenters. The van der Waals surface area contributed by atoms with Gasteiger partial charge in [-0.2, -0.15) is 0 Å². The van der Waals surface area contributed by atoms with Gasteiger partial charge in [0.05, 0.1) is 19.7 Å². The first-order chi connectivity index (χ1) is 15.9. The van der Waals surface area contributed by atoms with Crippen LogP contribution in [0, 0.1) is 5.82 Å².